The highest BCUT2D eigenvalue weighted by Crippen LogP contribution is 2.32. The molecule has 1 unspecified atom stereocenters. The normalized spacial score (nSPS) is 14.9. The third-order valence-corrected chi connectivity index (χ3v) is 7.42. The average molecular weight is 521 g/mol. The lowest BCUT2D eigenvalue weighted by molar-refractivity contribution is 0.234. The number of aromatic nitrogens is 5. The Morgan fingerprint density at radius 3 is 2.56 bits per heavy atom. The Kier molecular flexibility index (Phi) is 6.62. The molecular formula is C31H29FN6O. The number of nitrogens with zero attached hydrogens (tertiary/aromatic N) is 5. The lowest BCUT2D eigenvalue weighted by Crippen LogP contribution is -2.38. The maximum absolute atomic E-state index is 13.6. The van der Waals surface area contributed by atoms with Crippen LogP contribution in [0.2, 0.25) is 0 Å². The Morgan fingerprint density at radius 1 is 1.03 bits per heavy atom. The van der Waals surface area contributed by atoms with Crippen LogP contribution in [-0.2, 0) is 6.54 Å². The van der Waals surface area contributed by atoms with Gasteiger partial charge in [-0.2, -0.15) is 0 Å². The molecule has 39 heavy (non-hydrogen) atoms. The molecule has 6 rings (SSSR count). The summed E-state index contributed by atoms with van der Waals surface area (Å²) in [5.74, 6) is 0.370. The monoisotopic (exact) mass is 520 g/mol. The quantitative estimate of drug-likeness (QED) is 0.333. The molecule has 0 spiro atoms. The number of H-pyrrole nitrogens is 1. The molecule has 1 aliphatic rings. The second kappa shape index (κ2) is 10.4. The Hall–Kier alpha value is -4.43. The maximum Gasteiger partial charge on any atom is 0.253 e. The number of pyridine rings is 1. The molecular weight excluding hydrogens is 491 g/mol. The molecule has 1 N–H and O–H groups in total. The maximum atomic E-state index is 13.6. The van der Waals surface area contributed by atoms with E-state index in [0.29, 0.717) is 31.0 Å². The topological polar surface area (TPSA) is 79.7 Å². The number of aryl methyl sites for hydroxylation is 2. The Bertz CT molecular complexity index is 1720. The van der Waals surface area contributed by atoms with Crippen LogP contribution in [0.4, 0.5) is 4.39 Å². The third kappa shape index (κ3) is 5.03. The summed E-state index contributed by atoms with van der Waals surface area (Å²) in [6.07, 6.45) is 2.91. The molecule has 0 radical (unpaired) electrons. The number of tetrazole rings is 1. The molecule has 3 aromatic carbocycles. The summed E-state index contributed by atoms with van der Waals surface area (Å²) in [6.45, 7) is 5.85. The summed E-state index contributed by atoms with van der Waals surface area (Å²) in [5.41, 5.74) is 6.70. The Morgan fingerprint density at radius 2 is 1.82 bits per heavy atom. The van der Waals surface area contributed by atoms with Gasteiger partial charge in [-0.1, -0.05) is 60.2 Å². The molecule has 0 fully saturated rings. The van der Waals surface area contributed by atoms with E-state index in [-0.39, 0.29) is 11.4 Å². The lowest BCUT2D eigenvalue weighted by Gasteiger charge is -2.33. The van der Waals surface area contributed by atoms with Gasteiger partial charge in [0.15, 0.2) is 5.82 Å². The lowest BCUT2D eigenvalue weighted by atomic mass is 9.96. The first-order valence-corrected chi connectivity index (χ1v) is 13.1. The van der Waals surface area contributed by atoms with Gasteiger partial charge in [-0.05, 0) is 82.6 Å². The van der Waals surface area contributed by atoms with E-state index in [2.05, 4.69) is 50.5 Å². The summed E-state index contributed by atoms with van der Waals surface area (Å²) in [5, 5.41) is 13.8. The fourth-order valence-electron chi connectivity index (χ4n) is 5.53. The van der Waals surface area contributed by atoms with Gasteiger partial charge in [0.2, 0.25) is 0 Å². The largest absolute Gasteiger partial charge is 0.321 e. The highest BCUT2D eigenvalue weighted by Gasteiger charge is 2.31. The van der Waals surface area contributed by atoms with E-state index in [1.165, 1.54) is 12.1 Å². The van der Waals surface area contributed by atoms with Crippen LogP contribution in [0, 0.1) is 19.7 Å². The fourth-order valence-corrected chi connectivity index (χ4v) is 5.53. The average Bonchev–Trinajstić information content (AvgIpc) is 3.38. The van der Waals surface area contributed by atoms with Gasteiger partial charge in [0, 0.05) is 18.7 Å². The van der Waals surface area contributed by atoms with Crippen LogP contribution in [0.1, 0.15) is 46.1 Å². The second-order valence-corrected chi connectivity index (χ2v) is 10.2. The Balaban J connectivity index is 1.44. The van der Waals surface area contributed by atoms with E-state index in [1.54, 1.807) is 4.68 Å². The van der Waals surface area contributed by atoms with Crippen molar-refractivity contribution in [2.75, 3.05) is 13.1 Å². The zero-order valence-corrected chi connectivity index (χ0v) is 21.9. The van der Waals surface area contributed by atoms with Crippen molar-refractivity contribution in [1.82, 2.24) is 30.1 Å². The molecule has 1 aliphatic heterocycles. The molecule has 0 saturated heterocycles. The smallest absolute Gasteiger partial charge is 0.253 e. The molecule has 3 heterocycles. The minimum atomic E-state index is -0.455. The van der Waals surface area contributed by atoms with Gasteiger partial charge in [-0.15, -0.1) is 5.10 Å². The summed E-state index contributed by atoms with van der Waals surface area (Å²) in [4.78, 5) is 19.0. The van der Waals surface area contributed by atoms with E-state index < -0.39 is 6.04 Å². The van der Waals surface area contributed by atoms with Crippen LogP contribution in [0.3, 0.4) is 0 Å². The molecule has 1 atom stereocenters. The zero-order valence-electron chi connectivity index (χ0n) is 21.9. The predicted octanol–water partition coefficient (Wildman–Crippen LogP) is 5.20. The van der Waals surface area contributed by atoms with Crippen LogP contribution >= 0.6 is 0 Å². The van der Waals surface area contributed by atoms with E-state index >= 15 is 0 Å². The number of nitrogens with one attached hydrogen (secondary N) is 1. The predicted molar refractivity (Wildman–Crippen MR) is 150 cm³/mol. The minimum Gasteiger partial charge on any atom is -0.321 e. The molecule has 0 saturated carbocycles. The number of benzene rings is 3. The van der Waals surface area contributed by atoms with Crippen molar-refractivity contribution < 1.29 is 4.39 Å². The number of hydrogen-bond donors (Lipinski definition) is 1. The molecule has 2 aromatic heterocycles. The van der Waals surface area contributed by atoms with E-state index in [9.17, 15) is 9.18 Å². The number of fused-ring (bicyclic) bond motifs is 1. The number of hydrogen-bond acceptors (Lipinski definition) is 5. The number of rotatable bonds is 6. The summed E-state index contributed by atoms with van der Waals surface area (Å²) in [7, 11) is 0. The summed E-state index contributed by atoms with van der Waals surface area (Å²) >= 11 is 0. The highest BCUT2D eigenvalue weighted by molar-refractivity contribution is 5.83. The van der Waals surface area contributed by atoms with E-state index in [1.807, 2.05) is 55.5 Å². The van der Waals surface area contributed by atoms with Crippen molar-refractivity contribution in [3.8, 4) is 0 Å². The molecule has 7 nitrogen and oxygen atoms in total. The van der Waals surface area contributed by atoms with Crippen LogP contribution in [-0.4, -0.2) is 43.2 Å². The molecule has 8 heteroatoms. The Labute approximate surface area is 225 Å². The number of halogens is 1. The molecule has 0 aliphatic carbocycles. The van der Waals surface area contributed by atoms with Crippen LogP contribution in [0.5, 0.6) is 0 Å². The van der Waals surface area contributed by atoms with Crippen molar-refractivity contribution in [2.24, 2.45) is 0 Å². The van der Waals surface area contributed by atoms with Crippen LogP contribution in [0.25, 0.3) is 16.5 Å². The van der Waals surface area contributed by atoms with Gasteiger partial charge in [0.25, 0.3) is 5.56 Å². The number of aromatic amines is 1. The van der Waals surface area contributed by atoms with Gasteiger partial charge in [-0.3, -0.25) is 9.69 Å². The van der Waals surface area contributed by atoms with E-state index in [4.69, 9.17) is 0 Å². The van der Waals surface area contributed by atoms with Crippen molar-refractivity contribution in [1.29, 1.82) is 0 Å². The third-order valence-electron chi connectivity index (χ3n) is 7.42. The van der Waals surface area contributed by atoms with Gasteiger partial charge < -0.3 is 4.98 Å². The zero-order chi connectivity index (χ0) is 26.9. The van der Waals surface area contributed by atoms with Crippen molar-refractivity contribution >= 4 is 16.5 Å². The first-order chi connectivity index (χ1) is 19.0. The summed E-state index contributed by atoms with van der Waals surface area (Å²) < 4.78 is 15.3. The first kappa shape index (κ1) is 24.9. The minimum absolute atomic E-state index is 0.151. The van der Waals surface area contributed by atoms with Crippen molar-refractivity contribution in [2.45, 2.75) is 32.9 Å². The highest BCUT2D eigenvalue weighted by atomic mass is 19.1. The fraction of sp³-hybridized carbons (Fsp3) is 0.226. The van der Waals surface area contributed by atoms with Crippen LogP contribution in [0.15, 0.2) is 83.7 Å². The van der Waals surface area contributed by atoms with Gasteiger partial charge in [-0.25, -0.2) is 9.07 Å². The van der Waals surface area contributed by atoms with Gasteiger partial charge in [0.1, 0.15) is 11.9 Å². The van der Waals surface area contributed by atoms with Crippen molar-refractivity contribution in [3.05, 3.63) is 129 Å². The molecule has 5 aromatic rings. The van der Waals surface area contributed by atoms with Gasteiger partial charge >= 0.3 is 0 Å². The van der Waals surface area contributed by atoms with Crippen LogP contribution < -0.4 is 5.56 Å². The second-order valence-electron chi connectivity index (χ2n) is 10.2. The SMILES string of the molecule is Cc1cc(C)c2[nH]c(=O)c(C(c3nnnn3Cc3ccccc3)N3CC=C(c4ccc(F)cc4)CC3)cc2c1. The van der Waals surface area contributed by atoms with E-state index in [0.717, 1.165) is 45.2 Å². The summed E-state index contributed by atoms with van der Waals surface area (Å²) in [6, 6.07) is 22.3. The molecule has 0 bridgehead atoms. The molecule has 0 amide bonds. The van der Waals surface area contributed by atoms with Gasteiger partial charge in [0.05, 0.1) is 12.1 Å². The molecule has 196 valence electrons. The first-order valence-electron chi connectivity index (χ1n) is 13.1. The standard InChI is InChI=1S/C31H29FN6O/c1-20-16-21(2)28-25(17-20)18-27(31(39)33-28)29(30-34-35-36-38(30)19-22-6-4-3-5-7-22)37-14-12-24(13-15-37)23-8-10-26(32)11-9-23/h3-12,16-18,29H,13-15,19H2,1-2H3,(H,33,39). The van der Waals surface area contributed by atoms with Crippen molar-refractivity contribution in [3.63, 3.8) is 0 Å².